The van der Waals surface area contributed by atoms with Crippen molar-refractivity contribution < 1.29 is 22.7 Å². The molecule has 24 heavy (non-hydrogen) atoms. The quantitative estimate of drug-likeness (QED) is 0.860. The Labute approximate surface area is 145 Å². The largest absolute Gasteiger partial charge is 0.480 e. The zero-order chi connectivity index (χ0) is 17.9. The van der Waals surface area contributed by atoms with Crippen molar-refractivity contribution in [3.8, 4) is 5.88 Å². The molecule has 2 aromatic rings. The van der Waals surface area contributed by atoms with Gasteiger partial charge in [-0.1, -0.05) is 29.3 Å². The Bertz CT molecular complexity index is 767. The molecule has 128 valence electrons. The Kier molecular flexibility index (Phi) is 5.56. The van der Waals surface area contributed by atoms with E-state index in [4.69, 9.17) is 27.9 Å². The number of ether oxygens (including phenoxy) is 1. The van der Waals surface area contributed by atoms with Gasteiger partial charge in [0, 0.05) is 12.7 Å². The first-order valence-corrected chi connectivity index (χ1v) is 7.32. The minimum absolute atomic E-state index is 0.0366. The van der Waals surface area contributed by atoms with Gasteiger partial charge in [-0.25, -0.2) is 4.98 Å². The highest BCUT2D eigenvalue weighted by atomic mass is 35.5. The number of hydrogen-bond donors (Lipinski definition) is 1. The second-order valence-corrected chi connectivity index (χ2v) is 5.49. The Morgan fingerprint density at radius 3 is 2.54 bits per heavy atom. The second kappa shape index (κ2) is 7.27. The number of nitrogens with one attached hydrogen (secondary N) is 1. The van der Waals surface area contributed by atoms with Crippen LogP contribution < -0.4 is 10.1 Å². The summed E-state index contributed by atoms with van der Waals surface area (Å²) in [5.41, 5.74) is -1.22. The molecule has 1 aromatic carbocycles. The Hall–Kier alpha value is -1.99. The first kappa shape index (κ1) is 18.4. The van der Waals surface area contributed by atoms with Crippen molar-refractivity contribution in [3.63, 3.8) is 0 Å². The summed E-state index contributed by atoms with van der Waals surface area (Å²) in [5, 5.41) is 3.00. The highest BCUT2D eigenvalue weighted by Crippen LogP contribution is 2.34. The van der Waals surface area contributed by atoms with Crippen LogP contribution in [-0.2, 0) is 12.7 Å². The zero-order valence-corrected chi connectivity index (χ0v) is 13.8. The Balaban J connectivity index is 2.27. The van der Waals surface area contributed by atoms with Crippen molar-refractivity contribution >= 4 is 29.1 Å². The van der Waals surface area contributed by atoms with Gasteiger partial charge in [0.25, 0.3) is 5.91 Å². The molecular weight excluding hydrogens is 368 g/mol. The summed E-state index contributed by atoms with van der Waals surface area (Å²) >= 11 is 11.6. The van der Waals surface area contributed by atoms with Crippen LogP contribution in [0.5, 0.6) is 5.88 Å². The summed E-state index contributed by atoms with van der Waals surface area (Å²) in [7, 11) is 1.14. The first-order valence-electron chi connectivity index (χ1n) is 6.56. The Morgan fingerprint density at radius 2 is 1.96 bits per heavy atom. The highest BCUT2D eigenvalue weighted by molar-refractivity contribution is 6.42. The lowest BCUT2D eigenvalue weighted by atomic mass is 10.1. The van der Waals surface area contributed by atoms with Gasteiger partial charge >= 0.3 is 6.18 Å². The molecule has 0 fully saturated rings. The smallest absolute Gasteiger partial charge is 0.417 e. The van der Waals surface area contributed by atoms with Gasteiger partial charge in [-0.05, 0) is 23.8 Å². The predicted molar refractivity (Wildman–Crippen MR) is 83.4 cm³/mol. The number of alkyl halides is 3. The minimum Gasteiger partial charge on any atom is -0.480 e. The maximum Gasteiger partial charge on any atom is 0.417 e. The third-order valence-electron chi connectivity index (χ3n) is 3.08. The molecule has 1 amide bonds. The molecular formula is C15H11Cl2F3N2O2. The molecule has 2 rings (SSSR count). The molecule has 0 aliphatic carbocycles. The lowest BCUT2D eigenvalue weighted by molar-refractivity contribution is -0.138. The van der Waals surface area contributed by atoms with Gasteiger partial charge < -0.3 is 10.1 Å². The topological polar surface area (TPSA) is 51.2 Å². The maximum atomic E-state index is 13.1. The number of nitrogens with zero attached hydrogens (tertiary/aromatic N) is 1. The number of aromatic nitrogens is 1. The van der Waals surface area contributed by atoms with Crippen LogP contribution in [0.25, 0.3) is 0 Å². The fourth-order valence-electron chi connectivity index (χ4n) is 1.97. The van der Waals surface area contributed by atoms with Gasteiger partial charge in [-0.3, -0.25) is 4.79 Å². The number of rotatable bonds is 4. The zero-order valence-electron chi connectivity index (χ0n) is 12.2. The number of carbonyl (C=O) groups is 1. The summed E-state index contributed by atoms with van der Waals surface area (Å²) < 4.78 is 44.0. The van der Waals surface area contributed by atoms with Crippen LogP contribution in [0.2, 0.25) is 10.0 Å². The summed E-state index contributed by atoms with van der Waals surface area (Å²) in [6.07, 6.45) is -3.79. The molecule has 0 aliphatic rings. The summed E-state index contributed by atoms with van der Waals surface area (Å²) in [4.78, 5) is 15.9. The molecule has 4 nitrogen and oxygen atoms in total. The van der Waals surface area contributed by atoms with Gasteiger partial charge in [-0.2, -0.15) is 13.2 Å². The molecule has 0 atom stereocenters. The van der Waals surface area contributed by atoms with Crippen molar-refractivity contribution in [2.45, 2.75) is 12.7 Å². The van der Waals surface area contributed by atoms with E-state index in [0.29, 0.717) is 10.6 Å². The van der Waals surface area contributed by atoms with E-state index in [9.17, 15) is 18.0 Å². The monoisotopic (exact) mass is 378 g/mol. The van der Waals surface area contributed by atoms with Gasteiger partial charge in [0.15, 0.2) is 0 Å². The van der Waals surface area contributed by atoms with E-state index >= 15 is 0 Å². The average Bonchev–Trinajstić information content (AvgIpc) is 2.54. The van der Waals surface area contributed by atoms with E-state index in [0.717, 1.165) is 19.4 Å². The number of benzene rings is 1. The van der Waals surface area contributed by atoms with E-state index in [1.165, 1.54) is 12.1 Å². The molecule has 0 spiro atoms. The van der Waals surface area contributed by atoms with Crippen LogP contribution in [0, 0.1) is 0 Å². The molecule has 9 heteroatoms. The van der Waals surface area contributed by atoms with Crippen LogP contribution in [-0.4, -0.2) is 18.0 Å². The van der Waals surface area contributed by atoms with Crippen LogP contribution in [0.4, 0.5) is 13.2 Å². The fourth-order valence-corrected chi connectivity index (χ4v) is 2.29. The molecule has 1 heterocycles. The Morgan fingerprint density at radius 1 is 1.25 bits per heavy atom. The van der Waals surface area contributed by atoms with Crippen molar-refractivity contribution in [2.75, 3.05) is 7.11 Å². The highest BCUT2D eigenvalue weighted by Gasteiger charge is 2.37. The summed E-state index contributed by atoms with van der Waals surface area (Å²) in [6.45, 7) is -0.0366. The number of pyridine rings is 1. The van der Waals surface area contributed by atoms with Crippen LogP contribution in [0.3, 0.4) is 0 Å². The number of carbonyl (C=O) groups excluding carboxylic acids is 1. The normalized spacial score (nSPS) is 11.2. The van der Waals surface area contributed by atoms with Gasteiger partial charge in [0.2, 0.25) is 5.88 Å². The number of amides is 1. The third kappa shape index (κ3) is 4.10. The minimum atomic E-state index is -4.72. The lowest BCUT2D eigenvalue weighted by Gasteiger charge is -2.15. The van der Waals surface area contributed by atoms with Crippen LogP contribution in [0.1, 0.15) is 21.5 Å². The molecule has 0 unspecified atom stereocenters. The lowest BCUT2D eigenvalue weighted by Crippen LogP contribution is -2.27. The summed E-state index contributed by atoms with van der Waals surface area (Å²) in [6, 6.07) is 5.35. The van der Waals surface area contributed by atoms with Crippen molar-refractivity contribution in [3.05, 3.63) is 57.2 Å². The van der Waals surface area contributed by atoms with E-state index < -0.39 is 29.1 Å². The SMILES string of the molecule is COc1nccc(C(F)(F)F)c1C(=O)NCc1ccc(Cl)c(Cl)c1. The van der Waals surface area contributed by atoms with Crippen molar-refractivity contribution in [1.82, 2.24) is 10.3 Å². The summed E-state index contributed by atoms with van der Waals surface area (Å²) in [5.74, 6) is -1.37. The van der Waals surface area contributed by atoms with Gasteiger partial charge in [-0.15, -0.1) is 0 Å². The van der Waals surface area contributed by atoms with Crippen LogP contribution in [0.15, 0.2) is 30.5 Å². The van der Waals surface area contributed by atoms with E-state index in [-0.39, 0.29) is 11.6 Å². The van der Waals surface area contributed by atoms with E-state index in [1.54, 1.807) is 6.07 Å². The number of methoxy groups -OCH3 is 1. The van der Waals surface area contributed by atoms with Gasteiger partial charge in [0.05, 0.1) is 22.7 Å². The van der Waals surface area contributed by atoms with Crippen molar-refractivity contribution in [2.24, 2.45) is 0 Å². The molecule has 1 aromatic heterocycles. The van der Waals surface area contributed by atoms with Crippen LogP contribution >= 0.6 is 23.2 Å². The number of halogens is 5. The number of hydrogen-bond acceptors (Lipinski definition) is 3. The fraction of sp³-hybridized carbons (Fsp3) is 0.200. The predicted octanol–water partition coefficient (Wildman–Crippen LogP) is 4.35. The molecule has 0 saturated carbocycles. The second-order valence-electron chi connectivity index (χ2n) is 4.67. The average molecular weight is 379 g/mol. The molecule has 1 N–H and O–H groups in total. The molecule has 0 saturated heterocycles. The van der Waals surface area contributed by atoms with E-state index in [1.807, 2.05) is 0 Å². The standard InChI is InChI=1S/C15H11Cl2F3N2O2/c1-24-14-12(9(4-5-21-14)15(18,19)20)13(23)22-7-8-2-3-10(16)11(17)6-8/h2-6H,7H2,1H3,(H,22,23). The van der Waals surface area contributed by atoms with Crippen molar-refractivity contribution in [1.29, 1.82) is 0 Å². The van der Waals surface area contributed by atoms with E-state index in [2.05, 4.69) is 10.3 Å². The molecule has 0 aliphatic heterocycles. The molecule has 0 bridgehead atoms. The first-order chi connectivity index (χ1) is 11.2. The maximum absolute atomic E-state index is 13.1. The molecule has 0 radical (unpaired) electrons. The van der Waals surface area contributed by atoms with Gasteiger partial charge in [0.1, 0.15) is 5.56 Å². The third-order valence-corrected chi connectivity index (χ3v) is 3.82.